The molecular formula is C13H19N3O. The van der Waals surface area contributed by atoms with Crippen LogP contribution >= 0.6 is 0 Å². The summed E-state index contributed by atoms with van der Waals surface area (Å²) in [5.41, 5.74) is 1.20. The third-order valence-electron chi connectivity index (χ3n) is 2.98. The Labute approximate surface area is 102 Å². The van der Waals surface area contributed by atoms with E-state index in [1.54, 1.807) is 18.3 Å². The molecule has 0 spiro atoms. The van der Waals surface area contributed by atoms with Gasteiger partial charge in [0.05, 0.1) is 6.10 Å². The van der Waals surface area contributed by atoms with E-state index in [2.05, 4.69) is 24.1 Å². The average molecular weight is 233 g/mol. The van der Waals surface area contributed by atoms with Crippen molar-refractivity contribution < 1.29 is 5.11 Å². The van der Waals surface area contributed by atoms with Gasteiger partial charge in [0.15, 0.2) is 0 Å². The number of nitrogens with zero attached hydrogens (tertiary/aromatic N) is 2. The number of aliphatic hydroxyl groups is 1. The molecule has 0 aliphatic heterocycles. The number of hydrogen-bond donors (Lipinski definition) is 2. The van der Waals surface area contributed by atoms with Crippen molar-refractivity contribution in [3.05, 3.63) is 24.0 Å². The molecule has 1 aromatic rings. The summed E-state index contributed by atoms with van der Waals surface area (Å²) in [5.74, 6) is 0.319. The second kappa shape index (κ2) is 6.87. The van der Waals surface area contributed by atoms with Gasteiger partial charge in [-0.15, -0.1) is 0 Å². The molecule has 0 saturated carbocycles. The lowest BCUT2D eigenvalue weighted by atomic mass is 9.96. The first-order valence-electron chi connectivity index (χ1n) is 5.99. The van der Waals surface area contributed by atoms with Crippen molar-refractivity contribution in [3.63, 3.8) is 0 Å². The number of rotatable bonds is 6. The molecule has 0 saturated heterocycles. The quantitative estimate of drug-likeness (QED) is 0.790. The highest BCUT2D eigenvalue weighted by Gasteiger charge is 2.14. The van der Waals surface area contributed by atoms with E-state index in [4.69, 9.17) is 5.26 Å². The molecule has 4 nitrogen and oxygen atoms in total. The van der Waals surface area contributed by atoms with Crippen LogP contribution < -0.4 is 5.32 Å². The smallest absolute Gasteiger partial charge is 0.142 e. The van der Waals surface area contributed by atoms with Gasteiger partial charge in [0.2, 0.25) is 0 Å². The van der Waals surface area contributed by atoms with E-state index in [-0.39, 0.29) is 6.10 Å². The van der Waals surface area contributed by atoms with Gasteiger partial charge in [-0.2, -0.15) is 5.26 Å². The first kappa shape index (κ1) is 13.5. The molecule has 1 rings (SSSR count). The number of hydrogen-bond acceptors (Lipinski definition) is 4. The van der Waals surface area contributed by atoms with Crippen LogP contribution in [0.25, 0.3) is 0 Å². The van der Waals surface area contributed by atoms with Gasteiger partial charge in [-0.3, -0.25) is 0 Å². The molecule has 0 fully saturated rings. The molecule has 1 atom stereocenters. The largest absolute Gasteiger partial charge is 0.391 e. The SMILES string of the molecule is CCC(CC)C(O)CNc1ccnc(C#N)c1. The third kappa shape index (κ3) is 4.04. The van der Waals surface area contributed by atoms with Crippen molar-refractivity contribution in [2.45, 2.75) is 32.8 Å². The fourth-order valence-electron chi connectivity index (χ4n) is 1.82. The second-order valence-corrected chi connectivity index (χ2v) is 4.07. The summed E-state index contributed by atoms with van der Waals surface area (Å²) < 4.78 is 0. The van der Waals surface area contributed by atoms with Crippen LogP contribution in [0.15, 0.2) is 18.3 Å². The topological polar surface area (TPSA) is 68.9 Å². The van der Waals surface area contributed by atoms with Gasteiger partial charge in [0.25, 0.3) is 0 Å². The lowest BCUT2D eigenvalue weighted by Gasteiger charge is -2.20. The minimum Gasteiger partial charge on any atom is -0.391 e. The Morgan fingerprint density at radius 3 is 2.76 bits per heavy atom. The fourth-order valence-corrected chi connectivity index (χ4v) is 1.82. The van der Waals surface area contributed by atoms with Crippen molar-refractivity contribution in [1.29, 1.82) is 5.26 Å². The highest BCUT2D eigenvalue weighted by Crippen LogP contribution is 2.14. The van der Waals surface area contributed by atoms with Crippen LogP contribution in [0.4, 0.5) is 5.69 Å². The Bertz CT molecular complexity index is 382. The summed E-state index contributed by atoms with van der Waals surface area (Å²) in [7, 11) is 0. The maximum absolute atomic E-state index is 9.95. The second-order valence-electron chi connectivity index (χ2n) is 4.07. The molecule has 0 aliphatic rings. The molecule has 1 unspecified atom stereocenters. The Kier molecular flexibility index (Phi) is 5.44. The normalized spacial score (nSPS) is 12.2. The highest BCUT2D eigenvalue weighted by molar-refractivity contribution is 5.45. The predicted octanol–water partition coefficient (Wildman–Crippen LogP) is 2.16. The summed E-state index contributed by atoms with van der Waals surface area (Å²) in [5, 5.41) is 21.8. The molecular weight excluding hydrogens is 214 g/mol. The van der Waals surface area contributed by atoms with Gasteiger partial charge in [-0.05, 0) is 18.1 Å². The van der Waals surface area contributed by atoms with Gasteiger partial charge < -0.3 is 10.4 Å². The number of nitrogens with one attached hydrogen (secondary N) is 1. The zero-order valence-electron chi connectivity index (χ0n) is 10.3. The minimum absolute atomic E-state index is 0.319. The predicted molar refractivity (Wildman–Crippen MR) is 67.5 cm³/mol. The summed E-state index contributed by atoms with van der Waals surface area (Å²) in [6.07, 6.45) is 3.17. The summed E-state index contributed by atoms with van der Waals surface area (Å²) >= 11 is 0. The molecule has 2 N–H and O–H groups in total. The molecule has 17 heavy (non-hydrogen) atoms. The molecule has 0 amide bonds. The van der Waals surface area contributed by atoms with Crippen molar-refractivity contribution in [2.75, 3.05) is 11.9 Å². The van der Waals surface area contributed by atoms with Crippen LogP contribution in [-0.4, -0.2) is 22.7 Å². The number of pyridine rings is 1. The van der Waals surface area contributed by atoms with E-state index in [9.17, 15) is 5.11 Å². The first-order valence-corrected chi connectivity index (χ1v) is 5.99. The van der Waals surface area contributed by atoms with Crippen LogP contribution in [0.2, 0.25) is 0 Å². The Morgan fingerprint density at radius 2 is 2.18 bits per heavy atom. The van der Waals surface area contributed by atoms with Crippen LogP contribution in [0.5, 0.6) is 0 Å². The molecule has 1 heterocycles. The number of aliphatic hydroxyl groups excluding tert-OH is 1. The van der Waals surface area contributed by atoms with Gasteiger partial charge in [0.1, 0.15) is 11.8 Å². The zero-order chi connectivity index (χ0) is 12.7. The fraction of sp³-hybridized carbons (Fsp3) is 0.538. The standard InChI is InChI=1S/C13H19N3O/c1-3-10(4-2)13(17)9-16-11-5-6-15-12(7-11)8-14/h5-7,10,13,17H,3-4,9H2,1-2H3,(H,15,16). The number of nitriles is 1. The lowest BCUT2D eigenvalue weighted by molar-refractivity contribution is 0.114. The van der Waals surface area contributed by atoms with Crippen molar-refractivity contribution in [1.82, 2.24) is 4.98 Å². The Balaban J connectivity index is 2.52. The van der Waals surface area contributed by atoms with E-state index >= 15 is 0 Å². The van der Waals surface area contributed by atoms with Crippen molar-refractivity contribution in [2.24, 2.45) is 5.92 Å². The summed E-state index contributed by atoms with van der Waals surface area (Å²) in [6.45, 7) is 4.66. The van der Waals surface area contributed by atoms with E-state index in [0.29, 0.717) is 18.2 Å². The van der Waals surface area contributed by atoms with E-state index in [1.165, 1.54) is 0 Å². The van der Waals surface area contributed by atoms with Gasteiger partial charge in [0, 0.05) is 18.4 Å². The van der Waals surface area contributed by atoms with Crippen molar-refractivity contribution >= 4 is 5.69 Å². The number of anilines is 1. The maximum atomic E-state index is 9.95. The Hall–Kier alpha value is -1.60. The molecule has 0 aliphatic carbocycles. The highest BCUT2D eigenvalue weighted by atomic mass is 16.3. The van der Waals surface area contributed by atoms with Crippen molar-refractivity contribution in [3.8, 4) is 6.07 Å². The van der Waals surface area contributed by atoms with Crippen LogP contribution in [-0.2, 0) is 0 Å². The van der Waals surface area contributed by atoms with Gasteiger partial charge in [-0.1, -0.05) is 26.7 Å². The molecule has 0 aromatic carbocycles. The van der Waals surface area contributed by atoms with Crippen LogP contribution in [0, 0.1) is 17.2 Å². The first-order chi connectivity index (χ1) is 8.21. The Morgan fingerprint density at radius 1 is 1.47 bits per heavy atom. The minimum atomic E-state index is -0.358. The molecule has 0 radical (unpaired) electrons. The molecule has 1 aromatic heterocycles. The summed E-state index contributed by atoms with van der Waals surface area (Å²) in [6, 6.07) is 5.46. The average Bonchev–Trinajstić information content (AvgIpc) is 2.38. The van der Waals surface area contributed by atoms with Crippen LogP contribution in [0.3, 0.4) is 0 Å². The molecule has 4 heteroatoms. The van der Waals surface area contributed by atoms with E-state index in [1.807, 2.05) is 6.07 Å². The van der Waals surface area contributed by atoms with Crippen LogP contribution in [0.1, 0.15) is 32.4 Å². The molecule has 0 bridgehead atoms. The monoisotopic (exact) mass is 233 g/mol. The summed E-state index contributed by atoms with van der Waals surface area (Å²) in [4.78, 5) is 3.89. The van der Waals surface area contributed by atoms with E-state index in [0.717, 1.165) is 18.5 Å². The maximum Gasteiger partial charge on any atom is 0.142 e. The third-order valence-corrected chi connectivity index (χ3v) is 2.98. The van der Waals surface area contributed by atoms with Gasteiger partial charge in [-0.25, -0.2) is 4.98 Å². The van der Waals surface area contributed by atoms with E-state index < -0.39 is 0 Å². The van der Waals surface area contributed by atoms with Gasteiger partial charge >= 0.3 is 0 Å². The number of aromatic nitrogens is 1. The zero-order valence-corrected chi connectivity index (χ0v) is 10.3. The molecule has 92 valence electrons. The lowest BCUT2D eigenvalue weighted by Crippen LogP contribution is -2.27.